The number of halogens is 2. The van der Waals surface area contributed by atoms with Gasteiger partial charge in [0.15, 0.2) is 0 Å². The Bertz CT molecular complexity index is 2200. The Morgan fingerprint density at radius 1 is 1.02 bits per heavy atom. The molecule has 4 fully saturated rings. The summed E-state index contributed by atoms with van der Waals surface area (Å²) in [7, 11) is 0. The van der Waals surface area contributed by atoms with Gasteiger partial charge < -0.3 is 25.2 Å². The summed E-state index contributed by atoms with van der Waals surface area (Å²) in [5.74, 6) is -0.379. The van der Waals surface area contributed by atoms with Crippen LogP contribution in [0.2, 0.25) is 5.02 Å². The minimum absolute atomic E-state index is 0.140. The van der Waals surface area contributed by atoms with Gasteiger partial charge in [0, 0.05) is 98.5 Å². The molecule has 2 atom stereocenters. The molecule has 2 aromatic carbocycles. The largest absolute Gasteiger partial charge is 0.489 e. The van der Waals surface area contributed by atoms with Gasteiger partial charge in [-0.3, -0.25) is 29.4 Å². The van der Waals surface area contributed by atoms with E-state index in [0.717, 1.165) is 44.8 Å². The van der Waals surface area contributed by atoms with E-state index in [0.29, 0.717) is 46.1 Å². The van der Waals surface area contributed by atoms with Crippen LogP contribution in [0.4, 0.5) is 10.2 Å². The van der Waals surface area contributed by atoms with Crippen molar-refractivity contribution in [1.29, 1.82) is 5.26 Å². The van der Waals surface area contributed by atoms with E-state index in [4.69, 9.17) is 21.3 Å². The van der Waals surface area contributed by atoms with Crippen LogP contribution in [-0.4, -0.2) is 95.9 Å². The number of fused-ring (bicyclic) bond motifs is 1. The summed E-state index contributed by atoms with van der Waals surface area (Å²) in [6, 6.07) is 12.8. The van der Waals surface area contributed by atoms with Gasteiger partial charge >= 0.3 is 0 Å². The van der Waals surface area contributed by atoms with Crippen LogP contribution < -0.4 is 25.6 Å². The molecule has 310 valence electrons. The van der Waals surface area contributed by atoms with Crippen molar-refractivity contribution in [2.24, 2.45) is 16.7 Å². The van der Waals surface area contributed by atoms with Gasteiger partial charge in [0.25, 0.3) is 11.8 Å². The zero-order chi connectivity index (χ0) is 41.8. The number of nitriles is 1. The molecule has 5 heterocycles. The second-order valence-corrected chi connectivity index (χ2v) is 18.1. The molecule has 3 N–H and O–H groups in total. The lowest BCUT2D eigenvalue weighted by atomic mass is 9.49. The van der Waals surface area contributed by atoms with Crippen molar-refractivity contribution < 1.29 is 28.3 Å². The first kappa shape index (κ1) is 40.7. The number of carbonyl (C=O) groups excluding carboxylic acids is 4. The molecule has 4 aliphatic heterocycles. The van der Waals surface area contributed by atoms with Gasteiger partial charge in [-0.15, -0.1) is 0 Å². The number of benzene rings is 2. The number of amides is 4. The van der Waals surface area contributed by atoms with Gasteiger partial charge in [-0.05, 0) is 67.1 Å². The average Bonchev–Trinajstić information content (AvgIpc) is 3.53. The fourth-order valence-corrected chi connectivity index (χ4v) is 10.7. The van der Waals surface area contributed by atoms with Crippen molar-refractivity contribution in [3.63, 3.8) is 0 Å². The normalized spacial score (nSPS) is 24.8. The van der Waals surface area contributed by atoms with Crippen molar-refractivity contribution in [2.75, 3.05) is 44.2 Å². The number of aromatic nitrogens is 1. The van der Waals surface area contributed by atoms with Gasteiger partial charge in [0.05, 0.1) is 16.1 Å². The Balaban J connectivity index is 0.917. The van der Waals surface area contributed by atoms with E-state index in [-0.39, 0.29) is 66.8 Å². The molecular weight excluding hydrogens is 775 g/mol. The maximum absolute atomic E-state index is 16.2. The average molecular weight is 825 g/mol. The molecule has 1 saturated carbocycles. The maximum Gasteiger partial charge on any atom is 0.255 e. The Hall–Kier alpha value is -5.10. The van der Waals surface area contributed by atoms with E-state index in [1.54, 1.807) is 30.5 Å². The molecule has 0 bridgehead atoms. The lowest BCUT2D eigenvalue weighted by molar-refractivity contribution is -0.164. The number of hydrogen-bond acceptors (Lipinski definition) is 10. The molecule has 15 heteroatoms. The first-order valence-corrected chi connectivity index (χ1v) is 20.8. The monoisotopic (exact) mass is 824 g/mol. The minimum atomic E-state index is -0.762. The molecule has 0 spiro atoms. The number of nitrogens with zero attached hydrogens (tertiary/aromatic N) is 5. The molecule has 5 aliphatic rings. The Morgan fingerprint density at radius 3 is 2.39 bits per heavy atom. The summed E-state index contributed by atoms with van der Waals surface area (Å²) in [5, 5.41) is 18.5. The van der Waals surface area contributed by atoms with Crippen LogP contribution in [0.25, 0.3) is 0 Å². The van der Waals surface area contributed by atoms with Gasteiger partial charge in [-0.2, -0.15) is 5.26 Å². The van der Waals surface area contributed by atoms with Crippen LogP contribution >= 0.6 is 11.6 Å². The summed E-state index contributed by atoms with van der Waals surface area (Å²) in [6.45, 7) is 13.0. The number of piperazine rings is 1. The van der Waals surface area contributed by atoms with E-state index in [9.17, 15) is 24.4 Å². The number of imide groups is 1. The van der Waals surface area contributed by atoms with Crippen LogP contribution in [0.3, 0.4) is 0 Å². The summed E-state index contributed by atoms with van der Waals surface area (Å²) in [5.41, 5.74) is 1.58. The first-order chi connectivity index (χ1) is 28.2. The van der Waals surface area contributed by atoms with Crippen molar-refractivity contribution in [1.82, 2.24) is 30.7 Å². The van der Waals surface area contributed by atoms with Gasteiger partial charge in [0.2, 0.25) is 11.8 Å². The third-order valence-electron chi connectivity index (χ3n) is 13.3. The molecule has 1 aromatic heterocycles. The smallest absolute Gasteiger partial charge is 0.255 e. The van der Waals surface area contributed by atoms with E-state index >= 15 is 4.39 Å². The van der Waals surface area contributed by atoms with E-state index in [2.05, 4.69) is 59.5 Å². The summed E-state index contributed by atoms with van der Waals surface area (Å²) < 4.78 is 22.6. The predicted octanol–water partition coefficient (Wildman–Crippen LogP) is 4.98. The van der Waals surface area contributed by atoms with Crippen molar-refractivity contribution in [2.45, 2.75) is 84.2 Å². The lowest BCUT2D eigenvalue weighted by Gasteiger charge is -2.63. The minimum Gasteiger partial charge on any atom is -0.489 e. The predicted molar refractivity (Wildman–Crippen MR) is 218 cm³/mol. The fraction of sp³-hybridized carbons (Fsp3) is 0.500. The third kappa shape index (κ3) is 7.53. The van der Waals surface area contributed by atoms with Gasteiger partial charge in [-0.1, -0.05) is 39.3 Å². The van der Waals surface area contributed by atoms with E-state index < -0.39 is 28.6 Å². The quantitative estimate of drug-likeness (QED) is 0.251. The number of rotatable bonds is 9. The molecule has 4 amide bonds. The molecule has 13 nitrogen and oxygen atoms in total. The highest BCUT2D eigenvalue weighted by Crippen LogP contribution is 2.55. The zero-order valence-corrected chi connectivity index (χ0v) is 34.6. The maximum atomic E-state index is 16.2. The zero-order valence-electron chi connectivity index (χ0n) is 33.8. The van der Waals surface area contributed by atoms with E-state index in [1.807, 2.05) is 12.1 Å². The molecule has 2 unspecified atom stereocenters. The summed E-state index contributed by atoms with van der Waals surface area (Å²) in [6.07, 6.45) is 3.38. The highest BCUT2D eigenvalue weighted by Gasteiger charge is 2.64. The molecule has 1 aliphatic carbocycles. The molecule has 3 aromatic rings. The highest BCUT2D eigenvalue weighted by molar-refractivity contribution is 6.31. The van der Waals surface area contributed by atoms with Crippen molar-refractivity contribution in [3.05, 3.63) is 87.3 Å². The molecule has 8 rings (SSSR count). The van der Waals surface area contributed by atoms with Gasteiger partial charge in [-0.25, -0.2) is 9.37 Å². The number of piperidine rings is 2. The van der Waals surface area contributed by atoms with Gasteiger partial charge in [0.1, 0.15) is 35.6 Å². The standard InChI is InChI=1S/C44H50ClFN8O5/c1-43(2)41(44(3,4)42(43)59-29-7-5-26(22-47)32(45)20-29)51-38(56)27-6-9-35(49-23-27)52-15-11-25(12-16-52)37(53-17-13-48-14-18-53)31-19-28-24-54(40(58)30(28)21-33(31)46)34-8-10-36(55)50-39(34)57/h5-7,9,19-21,23,25,34,37,41-42,48H,8,10-18,24H2,1-4H3,(H,51,56)(H,50,55,57). The SMILES string of the molecule is CC1(C)C(NC(=O)c2ccc(N3CCC(C(c4cc5c(cc4F)C(=O)N(C4CCC(=O)NC4=O)C5)N4CCNCC4)CC3)nc2)C(C)(C)C1Oc1ccc(C#N)c(Cl)c1. The number of carbonyl (C=O) groups is 4. The number of anilines is 1. The second-order valence-electron chi connectivity index (χ2n) is 17.7. The number of hydrogen-bond donors (Lipinski definition) is 3. The van der Waals surface area contributed by atoms with E-state index in [1.165, 1.54) is 11.0 Å². The fourth-order valence-electron chi connectivity index (χ4n) is 10.5. The third-order valence-corrected chi connectivity index (χ3v) is 13.6. The molecule has 59 heavy (non-hydrogen) atoms. The summed E-state index contributed by atoms with van der Waals surface area (Å²) >= 11 is 6.26. The molecule has 3 saturated heterocycles. The van der Waals surface area contributed by atoms with Crippen molar-refractivity contribution in [3.8, 4) is 11.8 Å². The van der Waals surface area contributed by atoms with Crippen molar-refractivity contribution >= 4 is 41.0 Å². The lowest BCUT2D eigenvalue weighted by Crippen LogP contribution is -2.74. The van der Waals surface area contributed by atoms with Crippen LogP contribution in [0.15, 0.2) is 48.7 Å². The Morgan fingerprint density at radius 2 is 1.75 bits per heavy atom. The van der Waals surface area contributed by atoms with Crippen LogP contribution in [0.5, 0.6) is 5.75 Å². The highest BCUT2D eigenvalue weighted by atomic mass is 35.5. The number of pyridine rings is 1. The number of ether oxygens (including phenoxy) is 1. The number of nitrogens with one attached hydrogen (secondary N) is 3. The van der Waals surface area contributed by atoms with Crippen LogP contribution in [0, 0.1) is 33.9 Å². The Labute approximate surface area is 348 Å². The van der Waals surface area contributed by atoms with Crippen LogP contribution in [0.1, 0.15) is 96.8 Å². The topological polar surface area (TPSA) is 160 Å². The first-order valence-electron chi connectivity index (χ1n) is 20.5. The molecule has 0 radical (unpaired) electrons. The second kappa shape index (κ2) is 15.8. The van der Waals surface area contributed by atoms with Crippen LogP contribution in [-0.2, 0) is 16.1 Å². The molecular formula is C44H50ClFN8O5. The summed E-state index contributed by atoms with van der Waals surface area (Å²) in [4.78, 5) is 62.2. The Kier molecular flexibility index (Phi) is 10.9.